The molecule has 2 aromatic rings. The zero-order valence-electron chi connectivity index (χ0n) is 14.3. The maximum atomic E-state index is 6.20. The molecule has 2 heterocycles. The maximum absolute atomic E-state index is 6.20. The Morgan fingerprint density at radius 1 is 1.29 bits per heavy atom. The minimum absolute atomic E-state index is 0.148. The molecule has 1 aliphatic carbocycles. The first-order chi connectivity index (χ1) is 11.7. The van der Waals surface area contributed by atoms with Gasteiger partial charge in [0.15, 0.2) is 5.82 Å². The Morgan fingerprint density at radius 2 is 2.12 bits per heavy atom. The molecule has 1 fully saturated rings. The lowest BCUT2D eigenvalue weighted by molar-refractivity contribution is 0.137. The molecule has 0 N–H and O–H groups in total. The van der Waals surface area contributed by atoms with E-state index in [4.69, 9.17) is 4.74 Å². The van der Waals surface area contributed by atoms with E-state index in [0.717, 1.165) is 37.8 Å². The van der Waals surface area contributed by atoms with Crippen LogP contribution in [-0.2, 0) is 6.54 Å². The van der Waals surface area contributed by atoms with E-state index in [2.05, 4.69) is 57.5 Å². The molecule has 1 aromatic heterocycles. The van der Waals surface area contributed by atoms with Crippen LogP contribution in [0.1, 0.15) is 31.6 Å². The van der Waals surface area contributed by atoms with Gasteiger partial charge in [0.05, 0.1) is 24.8 Å². The lowest BCUT2D eigenvalue weighted by atomic mass is 10.2. The lowest BCUT2D eigenvalue weighted by Crippen LogP contribution is -2.45. The first-order valence-corrected chi connectivity index (χ1v) is 8.70. The monoisotopic (exact) mass is 328 g/mol. The molecule has 1 saturated carbocycles. The van der Waals surface area contributed by atoms with Crippen molar-refractivity contribution < 1.29 is 4.74 Å². The van der Waals surface area contributed by atoms with Crippen molar-refractivity contribution in [2.75, 3.05) is 31.6 Å². The van der Waals surface area contributed by atoms with Crippen LogP contribution in [0.5, 0.6) is 5.75 Å². The van der Waals surface area contributed by atoms with Gasteiger partial charge in [-0.2, -0.15) is 0 Å². The number of para-hydroxylation sites is 2. The summed E-state index contributed by atoms with van der Waals surface area (Å²) in [6, 6.07) is 8.79. The van der Waals surface area contributed by atoms with Crippen molar-refractivity contribution in [1.82, 2.24) is 25.1 Å². The minimum Gasteiger partial charge on any atom is -0.485 e. The second-order valence-electron chi connectivity index (χ2n) is 6.71. The van der Waals surface area contributed by atoms with E-state index in [9.17, 15) is 0 Å². The largest absolute Gasteiger partial charge is 0.485 e. The Hall–Kier alpha value is -2.15. The number of nitrogens with zero attached hydrogens (tertiary/aromatic N) is 6. The summed E-state index contributed by atoms with van der Waals surface area (Å²) >= 11 is 0. The first kappa shape index (κ1) is 15.4. The van der Waals surface area contributed by atoms with Crippen molar-refractivity contribution in [1.29, 1.82) is 0 Å². The van der Waals surface area contributed by atoms with Crippen molar-refractivity contribution in [3.63, 3.8) is 0 Å². The van der Waals surface area contributed by atoms with E-state index >= 15 is 0 Å². The third kappa shape index (κ3) is 3.08. The second kappa shape index (κ2) is 6.39. The summed E-state index contributed by atoms with van der Waals surface area (Å²) in [7, 11) is 2.10. The normalized spacial score (nSPS) is 20.1. The molecule has 0 unspecified atom stereocenters. The van der Waals surface area contributed by atoms with Crippen LogP contribution >= 0.6 is 0 Å². The fraction of sp³-hybridized carbons (Fsp3) is 0.588. The van der Waals surface area contributed by atoms with Gasteiger partial charge in [-0.3, -0.25) is 4.90 Å². The predicted octanol–water partition coefficient (Wildman–Crippen LogP) is 1.73. The van der Waals surface area contributed by atoms with Crippen molar-refractivity contribution in [2.45, 2.75) is 38.5 Å². The molecule has 1 aliphatic heterocycles. The van der Waals surface area contributed by atoms with E-state index in [0.29, 0.717) is 6.04 Å². The molecule has 128 valence electrons. The second-order valence-corrected chi connectivity index (χ2v) is 6.71. The number of tetrazole rings is 1. The molecule has 0 amide bonds. The number of rotatable bonds is 6. The van der Waals surface area contributed by atoms with Crippen molar-refractivity contribution in [3.8, 4) is 5.75 Å². The van der Waals surface area contributed by atoms with Gasteiger partial charge < -0.3 is 9.64 Å². The Kier molecular flexibility index (Phi) is 4.10. The van der Waals surface area contributed by atoms with E-state index < -0.39 is 0 Å². The predicted molar refractivity (Wildman–Crippen MR) is 91.2 cm³/mol. The Balaban J connectivity index is 1.41. The van der Waals surface area contributed by atoms with E-state index in [1.165, 1.54) is 18.5 Å². The number of anilines is 1. The minimum atomic E-state index is 0.148. The molecule has 2 aliphatic rings. The molecule has 1 atom stereocenters. The van der Waals surface area contributed by atoms with Gasteiger partial charge in [-0.15, -0.1) is 5.10 Å². The van der Waals surface area contributed by atoms with Crippen LogP contribution in [0, 0.1) is 0 Å². The average molecular weight is 328 g/mol. The molecule has 0 saturated heterocycles. The van der Waals surface area contributed by atoms with Gasteiger partial charge in [0.25, 0.3) is 0 Å². The summed E-state index contributed by atoms with van der Waals surface area (Å²) in [6.45, 7) is 5.68. The molecule has 0 bridgehead atoms. The summed E-state index contributed by atoms with van der Waals surface area (Å²) in [5.41, 5.74) is 1.19. The highest BCUT2D eigenvalue weighted by molar-refractivity contribution is 5.60. The molecular weight excluding hydrogens is 304 g/mol. The number of likely N-dealkylation sites (N-methyl/N-ethyl adjacent to an activating group) is 2. The molecular formula is C17H24N6O. The van der Waals surface area contributed by atoms with Crippen molar-refractivity contribution in [3.05, 3.63) is 30.1 Å². The third-order valence-corrected chi connectivity index (χ3v) is 4.69. The molecule has 0 radical (unpaired) electrons. The highest BCUT2D eigenvalue weighted by Gasteiger charge is 2.29. The van der Waals surface area contributed by atoms with Crippen molar-refractivity contribution in [2.24, 2.45) is 0 Å². The van der Waals surface area contributed by atoms with Gasteiger partial charge in [0, 0.05) is 13.1 Å². The van der Waals surface area contributed by atoms with Gasteiger partial charge in [-0.1, -0.05) is 12.1 Å². The lowest BCUT2D eigenvalue weighted by Gasteiger charge is -2.37. The van der Waals surface area contributed by atoms with Gasteiger partial charge in [-0.25, -0.2) is 4.68 Å². The summed E-state index contributed by atoms with van der Waals surface area (Å²) in [4.78, 5) is 4.63. The van der Waals surface area contributed by atoms with Crippen LogP contribution in [-0.4, -0.2) is 57.9 Å². The fourth-order valence-electron chi connectivity index (χ4n) is 3.35. The smallest absolute Gasteiger partial charge is 0.165 e. The van der Waals surface area contributed by atoms with Gasteiger partial charge in [-0.05, 0) is 49.4 Å². The van der Waals surface area contributed by atoms with Crippen LogP contribution in [0.15, 0.2) is 24.3 Å². The number of aromatic nitrogens is 4. The Labute approximate surface area is 142 Å². The molecule has 1 aromatic carbocycles. The quantitative estimate of drug-likeness (QED) is 0.805. The highest BCUT2D eigenvalue weighted by Crippen LogP contribution is 2.35. The van der Waals surface area contributed by atoms with Crippen molar-refractivity contribution >= 4 is 5.69 Å². The highest BCUT2D eigenvalue weighted by atomic mass is 16.5. The Morgan fingerprint density at radius 3 is 2.92 bits per heavy atom. The van der Waals surface area contributed by atoms with E-state index in [1.807, 2.05) is 10.7 Å². The summed E-state index contributed by atoms with van der Waals surface area (Å²) in [5, 5.41) is 12.1. The Bertz CT molecular complexity index is 698. The summed E-state index contributed by atoms with van der Waals surface area (Å²) < 4.78 is 8.18. The number of hydrogen-bond acceptors (Lipinski definition) is 6. The first-order valence-electron chi connectivity index (χ1n) is 8.70. The van der Waals surface area contributed by atoms with E-state index in [1.54, 1.807) is 0 Å². The van der Waals surface area contributed by atoms with Crippen LogP contribution in [0.2, 0.25) is 0 Å². The van der Waals surface area contributed by atoms with Crippen LogP contribution in [0.4, 0.5) is 5.69 Å². The third-order valence-electron chi connectivity index (χ3n) is 4.69. The number of fused-ring (bicyclic) bond motifs is 1. The number of hydrogen-bond donors (Lipinski definition) is 0. The van der Waals surface area contributed by atoms with Gasteiger partial charge in [0.2, 0.25) is 0 Å². The molecule has 7 nitrogen and oxygen atoms in total. The summed E-state index contributed by atoms with van der Waals surface area (Å²) in [6.07, 6.45) is 2.53. The van der Waals surface area contributed by atoms with Gasteiger partial charge in [0.1, 0.15) is 11.9 Å². The molecule has 24 heavy (non-hydrogen) atoms. The number of benzene rings is 1. The van der Waals surface area contributed by atoms with E-state index in [-0.39, 0.29) is 6.10 Å². The standard InChI is InChI=1S/C17H24N6O/c1-3-22-11-14(24-16-7-5-4-6-15(16)22)10-21(2)12-17-18-19-20-23(17)13-8-9-13/h4-7,13-14H,3,8-12H2,1-2H3/t14-/m1/s1. The zero-order valence-corrected chi connectivity index (χ0v) is 14.3. The molecule has 4 rings (SSSR count). The SMILES string of the molecule is CCN1C[C@@H](CN(C)Cc2nnnn2C2CC2)Oc2ccccc21. The topological polar surface area (TPSA) is 59.3 Å². The zero-order chi connectivity index (χ0) is 16.5. The maximum Gasteiger partial charge on any atom is 0.165 e. The fourth-order valence-corrected chi connectivity index (χ4v) is 3.35. The molecule has 7 heteroatoms. The van der Waals surface area contributed by atoms with Gasteiger partial charge >= 0.3 is 0 Å². The van der Waals surface area contributed by atoms with Crippen LogP contribution < -0.4 is 9.64 Å². The summed E-state index contributed by atoms with van der Waals surface area (Å²) in [5.74, 6) is 1.93. The van der Waals surface area contributed by atoms with Crippen LogP contribution in [0.25, 0.3) is 0 Å². The van der Waals surface area contributed by atoms with Crippen LogP contribution in [0.3, 0.4) is 0 Å². The number of ether oxygens (including phenoxy) is 1. The average Bonchev–Trinajstić information content (AvgIpc) is 3.33. The molecule has 0 spiro atoms.